The molecule has 8 heteroatoms. The summed E-state index contributed by atoms with van der Waals surface area (Å²) >= 11 is 1.64. The highest BCUT2D eigenvalue weighted by Gasteiger charge is 2.30. The van der Waals surface area contributed by atoms with Crippen molar-refractivity contribution >= 4 is 27.7 Å². The van der Waals surface area contributed by atoms with E-state index in [2.05, 4.69) is 0 Å². The Morgan fingerprint density at radius 3 is 2.22 bits per heavy atom. The van der Waals surface area contributed by atoms with Gasteiger partial charge in [-0.3, -0.25) is 4.79 Å². The molecule has 1 saturated heterocycles. The fraction of sp³-hybridized carbons (Fsp3) is 0.316. The van der Waals surface area contributed by atoms with Crippen LogP contribution >= 0.6 is 11.8 Å². The third kappa shape index (κ3) is 4.82. The summed E-state index contributed by atoms with van der Waals surface area (Å²) in [6, 6.07) is 15.9. The van der Waals surface area contributed by atoms with E-state index in [0.29, 0.717) is 18.8 Å². The zero-order valence-corrected chi connectivity index (χ0v) is 16.7. The zero-order chi connectivity index (χ0) is 19.3. The van der Waals surface area contributed by atoms with Crippen LogP contribution in [-0.4, -0.2) is 62.6 Å². The quantitative estimate of drug-likeness (QED) is 0.689. The SMILES string of the molecule is CSc1ccc(OCC(=O)N2CCN(S(=O)(=O)c3ccccc3)CC2)cc1. The topological polar surface area (TPSA) is 66.9 Å². The lowest BCUT2D eigenvalue weighted by atomic mass is 10.3. The lowest BCUT2D eigenvalue weighted by molar-refractivity contribution is -0.134. The van der Waals surface area contributed by atoms with Gasteiger partial charge < -0.3 is 9.64 Å². The first-order valence-electron chi connectivity index (χ1n) is 8.60. The maximum atomic E-state index is 12.6. The summed E-state index contributed by atoms with van der Waals surface area (Å²) in [5, 5.41) is 0. The molecular formula is C19H22N2O4S2. The molecule has 0 aromatic heterocycles. The number of hydrogen-bond acceptors (Lipinski definition) is 5. The van der Waals surface area contributed by atoms with E-state index in [1.807, 2.05) is 30.5 Å². The summed E-state index contributed by atoms with van der Waals surface area (Å²) in [7, 11) is -3.51. The number of sulfonamides is 1. The maximum absolute atomic E-state index is 12.6. The van der Waals surface area contributed by atoms with E-state index < -0.39 is 10.0 Å². The van der Waals surface area contributed by atoms with Crippen LogP contribution in [0.4, 0.5) is 0 Å². The second-order valence-electron chi connectivity index (χ2n) is 6.06. The van der Waals surface area contributed by atoms with Crippen molar-refractivity contribution in [1.29, 1.82) is 0 Å². The molecule has 1 amide bonds. The van der Waals surface area contributed by atoms with Gasteiger partial charge >= 0.3 is 0 Å². The molecule has 0 radical (unpaired) electrons. The fourth-order valence-electron chi connectivity index (χ4n) is 2.83. The standard InChI is InChI=1S/C19H22N2O4S2/c1-26-17-9-7-16(8-10-17)25-15-19(22)20-11-13-21(14-12-20)27(23,24)18-5-3-2-4-6-18/h2-10H,11-15H2,1H3. The van der Waals surface area contributed by atoms with Crippen LogP contribution in [0.25, 0.3) is 0 Å². The molecule has 1 fully saturated rings. The van der Waals surface area contributed by atoms with Crippen LogP contribution in [-0.2, 0) is 14.8 Å². The van der Waals surface area contributed by atoms with Gasteiger partial charge in [0.1, 0.15) is 5.75 Å². The Bertz CT molecular complexity index is 862. The zero-order valence-electron chi connectivity index (χ0n) is 15.1. The van der Waals surface area contributed by atoms with Crippen molar-refractivity contribution in [2.45, 2.75) is 9.79 Å². The van der Waals surface area contributed by atoms with E-state index in [0.717, 1.165) is 4.90 Å². The van der Waals surface area contributed by atoms with Gasteiger partial charge in [0, 0.05) is 31.1 Å². The van der Waals surface area contributed by atoms with Crippen molar-refractivity contribution in [1.82, 2.24) is 9.21 Å². The molecular weight excluding hydrogens is 384 g/mol. The molecule has 144 valence electrons. The van der Waals surface area contributed by atoms with Crippen molar-refractivity contribution in [2.75, 3.05) is 39.0 Å². The normalized spacial score (nSPS) is 15.5. The first kappa shape index (κ1) is 19.7. The third-order valence-electron chi connectivity index (χ3n) is 4.39. The number of carbonyl (C=O) groups excluding carboxylic acids is 1. The molecule has 27 heavy (non-hydrogen) atoms. The Balaban J connectivity index is 1.51. The number of benzene rings is 2. The smallest absolute Gasteiger partial charge is 0.260 e. The number of rotatable bonds is 6. The molecule has 0 spiro atoms. The Kier molecular flexibility index (Phi) is 6.41. The van der Waals surface area contributed by atoms with Crippen molar-refractivity contribution < 1.29 is 17.9 Å². The van der Waals surface area contributed by atoms with E-state index in [9.17, 15) is 13.2 Å². The number of nitrogens with zero attached hydrogens (tertiary/aromatic N) is 2. The van der Waals surface area contributed by atoms with E-state index >= 15 is 0 Å². The van der Waals surface area contributed by atoms with Gasteiger partial charge in [0.2, 0.25) is 10.0 Å². The molecule has 0 N–H and O–H groups in total. The minimum Gasteiger partial charge on any atom is -0.484 e. The predicted octanol–water partition coefficient (Wildman–Crippen LogP) is 2.32. The lowest BCUT2D eigenvalue weighted by Crippen LogP contribution is -2.51. The minimum atomic E-state index is -3.51. The lowest BCUT2D eigenvalue weighted by Gasteiger charge is -2.33. The van der Waals surface area contributed by atoms with Crippen molar-refractivity contribution in [2.24, 2.45) is 0 Å². The van der Waals surface area contributed by atoms with Gasteiger partial charge in [0.15, 0.2) is 6.61 Å². The Labute approximate surface area is 164 Å². The molecule has 2 aromatic rings. The van der Waals surface area contributed by atoms with Gasteiger partial charge in [-0.1, -0.05) is 18.2 Å². The summed E-state index contributed by atoms with van der Waals surface area (Å²) in [6.45, 7) is 1.24. The highest BCUT2D eigenvalue weighted by atomic mass is 32.2. The number of piperazine rings is 1. The highest BCUT2D eigenvalue weighted by Crippen LogP contribution is 2.20. The van der Waals surface area contributed by atoms with Crippen LogP contribution in [0, 0.1) is 0 Å². The number of amides is 1. The average Bonchev–Trinajstić information content (AvgIpc) is 2.73. The Hall–Kier alpha value is -2.03. The molecule has 1 aliphatic heterocycles. The largest absolute Gasteiger partial charge is 0.484 e. The molecule has 2 aromatic carbocycles. The van der Waals surface area contributed by atoms with Crippen LogP contribution in [0.2, 0.25) is 0 Å². The number of carbonyl (C=O) groups is 1. The van der Waals surface area contributed by atoms with Gasteiger partial charge in [-0.25, -0.2) is 8.42 Å². The summed E-state index contributed by atoms with van der Waals surface area (Å²) < 4.78 is 32.2. The Morgan fingerprint density at radius 1 is 1.00 bits per heavy atom. The van der Waals surface area contributed by atoms with Gasteiger partial charge in [-0.15, -0.1) is 11.8 Å². The second-order valence-corrected chi connectivity index (χ2v) is 8.88. The predicted molar refractivity (Wildman–Crippen MR) is 105 cm³/mol. The first-order chi connectivity index (χ1) is 13.0. The van der Waals surface area contributed by atoms with Gasteiger partial charge in [0.05, 0.1) is 4.90 Å². The number of ether oxygens (including phenoxy) is 1. The highest BCUT2D eigenvalue weighted by molar-refractivity contribution is 7.98. The third-order valence-corrected chi connectivity index (χ3v) is 7.05. The van der Waals surface area contributed by atoms with Gasteiger partial charge in [-0.2, -0.15) is 4.31 Å². The summed E-state index contributed by atoms with van der Waals surface area (Å²) in [5.74, 6) is 0.507. The molecule has 1 aliphatic rings. The first-order valence-corrected chi connectivity index (χ1v) is 11.3. The molecule has 0 bridgehead atoms. The molecule has 0 unspecified atom stereocenters. The van der Waals surface area contributed by atoms with Crippen molar-refractivity contribution in [3.8, 4) is 5.75 Å². The van der Waals surface area contributed by atoms with E-state index in [1.54, 1.807) is 47.0 Å². The molecule has 0 atom stereocenters. The Morgan fingerprint density at radius 2 is 1.63 bits per heavy atom. The van der Waals surface area contributed by atoms with E-state index in [1.165, 1.54) is 4.31 Å². The molecule has 1 heterocycles. The number of hydrogen-bond donors (Lipinski definition) is 0. The van der Waals surface area contributed by atoms with Crippen LogP contribution in [0.1, 0.15) is 0 Å². The van der Waals surface area contributed by atoms with Crippen LogP contribution in [0.3, 0.4) is 0 Å². The van der Waals surface area contributed by atoms with Crippen molar-refractivity contribution in [3.05, 3.63) is 54.6 Å². The monoisotopic (exact) mass is 406 g/mol. The second kappa shape index (κ2) is 8.77. The molecule has 0 saturated carbocycles. The fourth-order valence-corrected chi connectivity index (χ4v) is 4.68. The van der Waals surface area contributed by atoms with Crippen LogP contribution in [0.5, 0.6) is 5.75 Å². The molecule has 3 rings (SSSR count). The summed E-state index contributed by atoms with van der Waals surface area (Å²) in [5.41, 5.74) is 0. The van der Waals surface area contributed by atoms with Crippen LogP contribution in [0.15, 0.2) is 64.4 Å². The molecule has 6 nitrogen and oxygen atoms in total. The van der Waals surface area contributed by atoms with E-state index in [4.69, 9.17) is 4.74 Å². The van der Waals surface area contributed by atoms with Gasteiger partial charge in [-0.05, 0) is 42.7 Å². The van der Waals surface area contributed by atoms with Gasteiger partial charge in [0.25, 0.3) is 5.91 Å². The summed E-state index contributed by atoms with van der Waals surface area (Å²) in [6.07, 6.45) is 2.00. The van der Waals surface area contributed by atoms with Crippen molar-refractivity contribution in [3.63, 3.8) is 0 Å². The van der Waals surface area contributed by atoms with E-state index in [-0.39, 0.29) is 30.5 Å². The maximum Gasteiger partial charge on any atom is 0.260 e. The number of thioether (sulfide) groups is 1. The minimum absolute atomic E-state index is 0.0515. The van der Waals surface area contributed by atoms with Crippen LogP contribution < -0.4 is 4.74 Å². The summed E-state index contributed by atoms with van der Waals surface area (Å²) in [4.78, 5) is 15.4. The average molecular weight is 407 g/mol. The molecule has 0 aliphatic carbocycles.